The number of benzene rings is 2. The maximum atomic E-state index is 6.58. The summed E-state index contributed by atoms with van der Waals surface area (Å²) in [5, 5.41) is 0.646. The average molecular weight is 466 g/mol. The Balaban J connectivity index is 1.87. The van der Waals surface area contributed by atoms with Crippen LogP contribution in [0.25, 0.3) is 17.1 Å². The van der Waals surface area contributed by atoms with E-state index in [0.29, 0.717) is 5.02 Å². The maximum absolute atomic E-state index is 6.58. The van der Waals surface area contributed by atoms with Gasteiger partial charge in [-0.3, -0.25) is 9.56 Å². The minimum atomic E-state index is -0.217. The second-order valence-corrected chi connectivity index (χ2v) is 10.3. The number of methoxy groups -OCH3 is 1. The van der Waals surface area contributed by atoms with E-state index in [1.54, 1.807) is 20.4 Å². The van der Waals surface area contributed by atoms with Crippen molar-refractivity contribution < 1.29 is 9.47 Å². The molecule has 0 radical (unpaired) electrons. The first kappa shape index (κ1) is 23.5. The molecule has 2 heterocycles. The quantitative estimate of drug-likeness (QED) is 0.394. The molecule has 33 heavy (non-hydrogen) atoms. The van der Waals surface area contributed by atoms with Crippen LogP contribution in [0, 0.1) is 0 Å². The molecular formula is C27H32ClN3O2. The lowest BCUT2D eigenvalue weighted by Gasteiger charge is -2.45. The maximum Gasteiger partial charge on any atom is 0.148 e. The summed E-state index contributed by atoms with van der Waals surface area (Å²) in [5.41, 5.74) is 3.38. The second-order valence-electron chi connectivity index (χ2n) is 9.88. The van der Waals surface area contributed by atoms with Gasteiger partial charge in [-0.15, -0.1) is 0 Å². The zero-order valence-corrected chi connectivity index (χ0v) is 21.0. The Morgan fingerprint density at radius 1 is 1.12 bits per heavy atom. The normalized spacial score (nSPS) is 18.0. The van der Waals surface area contributed by atoms with Crippen molar-refractivity contribution >= 4 is 17.8 Å². The smallest absolute Gasteiger partial charge is 0.148 e. The Morgan fingerprint density at radius 3 is 2.45 bits per heavy atom. The fraction of sp³-hybridized carbons (Fsp3) is 0.407. The molecule has 1 aliphatic rings. The summed E-state index contributed by atoms with van der Waals surface area (Å²) in [7, 11) is 3.43. The van der Waals surface area contributed by atoms with Crippen molar-refractivity contribution in [3.05, 3.63) is 64.9 Å². The highest BCUT2D eigenvalue weighted by atomic mass is 35.5. The van der Waals surface area contributed by atoms with Crippen molar-refractivity contribution in [3.63, 3.8) is 0 Å². The van der Waals surface area contributed by atoms with E-state index < -0.39 is 0 Å². The molecule has 1 aliphatic heterocycles. The number of para-hydroxylation sites is 1. The van der Waals surface area contributed by atoms with E-state index in [1.165, 1.54) is 0 Å². The van der Waals surface area contributed by atoms with Gasteiger partial charge in [-0.05, 0) is 70.9 Å². The zero-order valence-electron chi connectivity index (χ0n) is 20.2. The van der Waals surface area contributed by atoms with Gasteiger partial charge < -0.3 is 9.47 Å². The SMILES string of the molecule is CN=Cc1ccc(-n2cc(C3CC(C)(C)OC(C)(C)C3)nc2-c2ccccc2OC)cc1Cl. The number of aromatic nitrogens is 2. The Kier molecular flexibility index (Phi) is 6.39. The Labute approximate surface area is 201 Å². The highest BCUT2D eigenvalue weighted by molar-refractivity contribution is 6.33. The summed E-state index contributed by atoms with van der Waals surface area (Å²) < 4.78 is 14.1. The van der Waals surface area contributed by atoms with Crippen LogP contribution in [0.3, 0.4) is 0 Å². The summed E-state index contributed by atoms with van der Waals surface area (Å²) in [6.07, 6.45) is 5.72. The van der Waals surface area contributed by atoms with Crippen LogP contribution in [-0.4, -0.2) is 41.1 Å². The molecule has 0 saturated carbocycles. The standard InChI is InChI=1S/C27H32ClN3O2/c1-26(2)14-19(15-27(3,4)33-26)23-17-31(20-12-11-18(16-29-5)22(28)13-20)25(30-23)21-9-7-8-10-24(21)32-6/h7-13,16-17,19H,14-15H2,1-6H3. The largest absolute Gasteiger partial charge is 0.496 e. The fourth-order valence-corrected chi connectivity index (χ4v) is 5.24. The van der Waals surface area contributed by atoms with Crippen LogP contribution in [0.5, 0.6) is 5.75 Å². The zero-order chi connectivity index (χ0) is 23.8. The Hall–Kier alpha value is -2.63. The van der Waals surface area contributed by atoms with E-state index in [9.17, 15) is 0 Å². The molecule has 3 aromatic rings. The van der Waals surface area contributed by atoms with E-state index in [4.69, 9.17) is 26.1 Å². The van der Waals surface area contributed by atoms with Gasteiger partial charge in [-0.1, -0.05) is 23.7 Å². The van der Waals surface area contributed by atoms with Gasteiger partial charge in [-0.25, -0.2) is 4.98 Å². The molecule has 1 fully saturated rings. The average Bonchev–Trinajstić information content (AvgIpc) is 3.18. The fourth-order valence-electron chi connectivity index (χ4n) is 5.02. The van der Waals surface area contributed by atoms with Gasteiger partial charge in [0.1, 0.15) is 11.6 Å². The van der Waals surface area contributed by atoms with Crippen LogP contribution >= 0.6 is 11.6 Å². The highest BCUT2D eigenvalue weighted by Crippen LogP contribution is 2.44. The first-order valence-electron chi connectivity index (χ1n) is 11.3. The number of rotatable bonds is 5. The van der Waals surface area contributed by atoms with Gasteiger partial charge in [0, 0.05) is 36.6 Å². The minimum Gasteiger partial charge on any atom is -0.496 e. The van der Waals surface area contributed by atoms with E-state index >= 15 is 0 Å². The summed E-state index contributed by atoms with van der Waals surface area (Å²) >= 11 is 6.58. The highest BCUT2D eigenvalue weighted by Gasteiger charge is 2.41. The molecule has 0 bridgehead atoms. The molecule has 174 valence electrons. The molecular weight excluding hydrogens is 434 g/mol. The van der Waals surface area contributed by atoms with Crippen molar-refractivity contribution in [2.75, 3.05) is 14.2 Å². The molecule has 1 saturated heterocycles. The lowest BCUT2D eigenvalue weighted by molar-refractivity contribution is -0.162. The number of hydrogen-bond acceptors (Lipinski definition) is 4. The third-order valence-corrected chi connectivity index (χ3v) is 6.38. The number of nitrogens with zero attached hydrogens (tertiary/aromatic N) is 3. The van der Waals surface area contributed by atoms with Gasteiger partial charge in [0.05, 0.1) is 34.6 Å². The Morgan fingerprint density at radius 2 is 1.82 bits per heavy atom. The summed E-state index contributed by atoms with van der Waals surface area (Å²) in [5.74, 6) is 1.89. The van der Waals surface area contributed by atoms with Crippen LogP contribution in [0.15, 0.2) is 53.7 Å². The van der Waals surface area contributed by atoms with Crippen LogP contribution < -0.4 is 4.74 Å². The molecule has 0 unspecified atom stereocenters. The van der Waals surface area contributed by atoms with E-state index in [2.05, 4.69) is 43.5 Å². The van der Waals surface area contributed by atoms with Crippen LogP contribution in [0.2, 0.25) is 5.02 Å². The van der Waals surface area contributed by atoms with E-state index in [0.717, 1.165) is 46.9 Å². The molecule has 5 nitrogen and oxygen atoms in total. The van der Waals surface area contributed by atoms with Gasteiger partial charge in [0.2, 0.25) is 0 Å². The molecule has 0 amide bonds. The number of ether oxygens (including phenoxy) is 2. The minimum absolute atomic E-state index is 0.217. The predicted molar refractivity (Wildman–Crippen MR) is 135 cm³/mol. The number of hydrogen-bond donors (Lipinski definition) is 0. The van der Waals surface area contributed by atoms with Crippen molar-refractivity contribution in [3.8, 4) is 22.8 Å². The number of aliphatic imine (C=N–C) groups is 1. The molecule has 0 atom stereocenters. The molecule has 0 spiro atoms. The summed E-state index contributed by atoms with van der Waals surface area (Å²) in [4.78, 5) is 9.26. The van der Waals surface area contributed by atoms with E-state index in [1.807, 2.05) is 42.5 Å². The Bertz CT molecular complexity index is 1160. The third kappa shape index (κ3) is 4.99. The third-order valence-electron chi connectivity index (χ3n) is 6.05. The topological polar surface area (TPSA) is 48.6 Å². The lowest BCUT2D eigenvalue weighted by Crippen LogP contribution is -2.44. The van der Waals surface area contributed by atoms with Crippen molar-refractivity contribution in [2.45, 2.75) is 57.7 Å². The van der Waals surface area contributed by atoms with Crippen molar-refractivity contribution in [1.82, 2.24) is 9.55 Å². The molecule has 1 aromatic heterocycles. The van der Waals surface area contributed by atoms with Gasteiger partial charge in [0.25, 0.3) is 0 Å². The monoisotopic (exact) mass is 465 g/mol. The lowest BCUT2D eigenvalue weighted by atomic mass is 9.79. The first-order valence-corrected chi connectivity index (χ1v) is 11.7. The molecule has 0 aliphatic carbocycles. The van der Waals surface area contributed by atoms with Crippen LogP contribution in [0.1, 0.15) is 57.7 Å². The van der Waals surface area contributed by atoms with Crippen LogP contribution in [-0.2, 0) is 4.74 Å². The molecule has 0 N–H and O–H groups in total. The molecule has 4 rings (SSSR count). The van der Waals surface area contributed by atoms with Gasteiger partial charge in [0.15, 0.2) is 0 Å². The van der Waals surface area contributed by atoms with E-state index in [-0.39, 0.29) is 17.1 Å². The summed E-state index contributed by atoms with van der Waals surface area (Å²) in [6, 6.07) is 14.0. The predicted octanol–water partition coefficient (Wildman–Crippen LogP) is 6.70. The van der Waals surface area contributed by atoms with Gasteiger partial charge in [-0.2, -0.15) is 0 Å². The second kappa shape index (κ2) is 8.96. The van der Waals surface area contributed by atoms with Gasteiger partial charge >= 0.3 is 0 Å². The molecule has 2 aromatic carbocycles. The first-order chi connectivity index (χ1) is 15.6. The number of imidazole rings is 1. The number of halogens is 1. The molecule has 6 heteroatoms. The van der Waals surface area contributed by atoms with Crippen molar-refractivity contribution in [1.29, 1.82) is 0 Å². The van der Waals surface area contributed by atoms with Crippen molar-refractivity contribution in [2.24, 2.45) is 4.99 Å². The summed E-state index contributed by atoms with van der Waals surface area (Å²) in [6.45, 7) is 8.64. The van der Waals surface area contributed by atoms with Crippen LogP contribution in [0.4, 0.5) is 0 Å².